The number of ether oxygens (including phenoxy) is 1. The molecule has 3 heterocycles. The number of pyridine rings is 1. The van der Waals surface area contributed by atoms with Crippen LogP contribution in [0.3, 0.4) is 0 Å². The fourth-order valence-corrected chi connectivity index (χ4v) is 2.93. The van der Waals surface area contributed by atoms with Crippen LogP contribution in [0.2, 0.25) is 0 Å². The second-order valence-corrected chi connectivity index (χ2v) is 6.87. The molecule has 0 unspecified atom stereocenters. The molecule has 0 spiro atoms. The average molecular weight is 372 g/mol. The highest BCUT2D eigenvalue weighted by atomic mass is 16.5. The van der Waals surface area contributed by atoms with Crippen molar-refractivity contribution in [2.45, 2.75) is 26.3 Å². The maximum Gasteiger partial charge on any atom is 0.273 e. The van der Waals surface area contributed by atoms with Crippen LogP contribution in [-0.2, 0) is 9.53 Å². The number of nitrogens with one attached hydrogen (secondary N) is 1. The summed E-state index contributed by atoms with van der Waals surface area (Å²) in [6, 6.07) is 2.96. The molecule has 0 saturated carbocycles. The van der Waals surface area contributed by atoms with Gasteiger partial charge in [0.1, 0.15) is 12.3 Å². The van der Waals surface area contributed by atoms with Crippen molar-refractivity contribution in [3.63, 3.8) is 0 Å². The molecular weight excluding hydrogens is 348 g/mol. The van der Waals surface area contributed by atoms with E-state index in [0.717, 1.165) is 0 Å². The maximum atomic E-state index is 12.8. The van der Waals surface area contributed by atoms with Gasteiger partial charge in [-0.2, -0.15) is 0 Å². The molecule has 2 amide bonds. The molecular formula is C19H24N4O4. The quantitative estimate of drug-likeness (QED) is 0.829. The monoisotopic (exact) mass is 372 g/mol. The lowest BCUT2D eigenvalue weighted by Gasteiger charge is -2.31. The second kappa shape index (κ2) is 8.77. The number of rotatable bonds is 6. The van der Waals surface area contributed by atoms with Gasteiger partial charge in [-0.05, 0) is 24.5 Å². The van der Waals surface area contributed by atoms with Crippen molar-refractivity contribution in [1.29, 1.82) is 0 Å². The average Bonchev–Trinajstić information content (AvgIpc) is 3.18. The van der Waals surface area contributed by atoms with Crippen LogP contribution in [0.25, 0.3) is 11.5 Å². The highest BCUT2D eigenvalue weighted by Gasteiger charge is 2.29. The number of hydrogen-bond donors (Lipinski definition) is 1. The van der Waals surface area contributed by atoms with Crippen molar-refractivity contribution in [3.05, 3.63) is 36.5 Å². The summed E-state index contributed by atoms with van der Waals surface area (Å²) in [7, 11) is 0. The van der Waals surface area contributed by atoms with Gasteiger partial charge in [0.2, 0.25) is 11.8 Å². The lowest BCUT2D eigenvalue weighted by Crippen LogP contribution is -2.52. The lowest BCUT2D eigenvalue weighted by molar-refractivity contribution is -0.137. The number of hydrogen-bond acceptors (Lipinski definition) is 6. The van der Waals surface area contributed by atoms with Gasteiger partial charge in [0, 0.05) is 25.5 Å². The Morgan fingerprint density at radius 1 is 1.30 bits per heavy atom. The van der Waals surface area contributed by atoms with E-state index in [1.165, 1.54) is 6.26 Å². The van der Waals surface area contributed by atoms with Crippen LogP contribution in [0.5, 0.6) is 0 Å². The van der Waals surface area contributed by atoms with Gasteiger partial charge in [-0.1, -0.05) is 13.8 Å². The van der Waals surface area contributed by atoms with Crippen LogP contribution in [-0.4, -0.2) is 59.0 Å². The largest absolute Gasteiger partial charge is 0.444 e. The third-order valence-electron chi connectivity index (χ3n) is 4.28. The summed E-state index contributed by atoms with van der Waals surface area (Å²) < 4.78 is 10.7. The Hall–Kier alpha value is -2.74. The van der Waals surface area contributed by atoms with Crippen molar-refractivity contribution in [3.8, 4) is 11.5 Å². The fourth-order valence-electron chi connectivity index (χ4n) is 2.93. The first-order chi connectivity index (χ1) is 13.0. The van der Waals surface area contributed by atoms with E-state index in [1.54, 1.807) is 29.4 Å². The minimum Gasteiger partial charge on any atom is -0.444 e. The van der Waals surface area contributed by atoms with E-state index in [4.69, 9.17) is 9.15 Å². The Balaban J connectivity index is 1.70. The van der Waals surface area contributed by atoms with E-state index in [0.29, 0.717) is 44.2 Å². The SMILES string of the molecule is CC(C)C[C@H](NC(=O)c1coc(-c2cccnc2)n1)C(=O)N1CCOCC1. The Labute approximate surface area is 157 Å². The molecule has 3 rings (SSSR count). The van der Waals surface area contributed by atoms with Crippen LogP contribution in [0.1, 0.15) is 30.8 Å². The van der Waals surface area contributed by atoms with Crippen molar-refractivity contribution in [2.75, 3.05) is 26.3 Å². The predicted octanol–water partition coefficient (Wildman–Crippen LogP) is 1.74. The smallest absolute Gasteiger partial charge is 0.273 e. The molecule has 2 aromatic rings. The molecule has 0 bridgehead atoms. The Morgan fingerprint density at radius 2 is 2.07 bits per heavy atom. The molecule has 1 aliphatic rings. The molecule has 2 aromatic heterocycles. The molecule has 1 saturated heterocycles. The van der Waals surface area contributed by atoms with Crippen LogP contribution < -0.4 is 5.32 Å². The topological polar surface area (TPSA) is 97.6 Å². The third kappa shape index (κ3) is 4.91. The molecule has 27 heavy (non-hydrogen) atoms. The molecule has 1 N–H and O–H groups in total. The zero-order chi connectivity index (χ0) is 19.2. The van der Waals surface area contributed by atoms with E-state index >= 15 is 0 Å². The van der Waals surface area contributed by atoms with Gasteiger partial charge in [0.05, 0.1) is 18.8 Å². The number of amides is 2. The summed E-state index contributed by atoms with van der Waals surface area (Å²) in [4.78, 5) is 35.4. The Bertz CT molecular complexity index is 769. The van der Waals surface area contributed by atoms with E-state index in [9.17, 15) is 9.59 Å². The van der Waals surface area contributed by atoms with E-state index in [2.05, 4.69) is 15.3 Å². The van der Waals surface area contributed by atoms with Crippen molar-refractivity contribution < 1.29 is 18.7 Å². The van der Waals surface area contributed by atoms with Crippen LogP contribution in [0.15, 0.2) is 35.2 Å². The summed E-state index contributed by atoms with van der Waals surface area (Å²) in [6.45, 7) is 6.15. The predicted molar refractivity (Wildman–Crippen MR) is 97.8 cm³/mol. The van der Waals surface area contributed by atoms with Crippen LogP contribution in [0.4, 0.5) is 0 Å². The van der Waals surface area contributed by atoms with Gasteiger partial charge in [-0.25, -0.2) is 4.98 Å². The van der Waals surface area contributed by atoms with E-state index < -0.39 is 11.9 Å². The number of oxazole rings is 1. The summed E-state index contributed by atoms with van der Waals surface area (Å²) >= 11 is 0. The first-order valence-corrected chi connectivity index (χ1v) is 9.08. The lowest BCUT2D eigenvalue weighted by atomic mass is 10.0. The molecule has 8 heteroatoms. The normalized spacial score (nSPS) is 15.6. The van der Waals surface area contributed by atoms with Gasteiger partial charge in [-0.15, -0.1) is 0 Å². The highest BCUT2D eigenvalue weighted by molar-refractivity contribution is 5.96. The molecule has 1 atom stereocenters. The second-order valence-electron chi connectivity index (χ2n) is 6.87. The van der Waals surface area contributed by atoms with Gasteiger partial charge in [0.15, 0.2) is 5.69 Å². The van der Waals surface area contributed by atoms with Crippen molar-refractivity contribution >= 4 is 11.8 Å². The van der Waals surface area contributed by atoms with Gasteiger partial charge >= 0.3 is 0 Å². The molecule has 144 valence electrons. The minimum atomic E-state index is -0.603. The summed E-state index contributed by atoms with van der Waals surface area (Å²) in [5.41, 5.74) is 0.817. The van der Waals surface area contributed by atoms with Gasteiger partial charge in [-0.3, -0.25) is 14.6 Å². The summed E-state index contributed by atoms with van der Waals surface area (Å²) in [6.07, 6.45) is 5.10. The molecule has 8 nitrogen and oxygen atoms in total. The first kappa shape index (κ1) is 19.0. The fraction of sp³-hybridized carbons (Fsp3) is 0.474. The molecule has 1 fully saturated rings. The number of nitrogens with zero attached hydrogens (tertiary/aromatic N) is 3. The molecule has 0 aromatic carbocycles. The highest BCUT2D eigenvalue weighted by Crippen LogP contribution is 2.17. The van der Waals surface area contributed by atoms with E-state index in [-0.39, 0.29) is 17.5 Å². The zero-order valence-electron chi connectivity index (χ0n) is 15.6. The zero-order valence-corrected chi connectivity index (χ0v) is 15.6. The van der Waals surface area contributed by atoms with Gasteiger partial charge < -0.3 is 19.4 Å². The summed E-state index contributed by atoms with van der Waals surface area (Å²) in [5, 5.41) is 2.82. The number of aromatic nitrogens is 2. The van der Waals surface area contributed by atoms with Crippen molar-refractivity contribution in [2.24, 2.45) is 5.92 Å². The molecule has 0 aliphatic carbocycles. The Morgan fingerprint density at radius 3 is 2.74 bits per heavy atom. The van der Waals surface area contributed by atoms with Crippen LogP contribution >= 0.6 is 0 Å². The third-order valence-corrected chi connectivity index (χ3v) is 4.28. The number of morpholine rings is 1. The van der Waals surface area contributed by atoms with E-state index in [1.807, 2.05) is 13.8 Å². The standard InChI is InChI=1S/C19H24N4O4/c1-13(2)10-15(19(25)23-6-8-26-9-7-23)21-17(24)16-12-27-18(22-16)14-4-3-5-20-11-14/h3-5,11-13,15H,6-10H2,1-2H3,(H,21,24)/t15-/m0/s1. The van der Waals surface area contributed by atoms with Crippen LogP contribution in [0, 0.1) is 5.92 Å². The molecule has 0 radical (unpaired) electrons. The first-order valence-electron chi connectivity index (χ1n) is 9.08. The van der Waals surface area contributed by atoms with Crippen molar-refractivity contribution in [1.82, 2.24) is 20.2 Å². The maximum absolute atomic E-state index is 12.8. The molecule has 1 aliphatic heterocycles. The van der Waals surface area contributed by atoms with Gasteiger partial charge in [0.25, 0.3) is 5.91 Å². The number of carbonyl (C=O) groups excluding carboxylic acids is 2. The minimum absolute atomic E-state index is 0.0867. The summed E-state index contributed by atoms with van der Waals surface area (Å²) in [5.74, 6) is 0.0502. The number of carbonyl (C=O) groups is 2. The Kier molecular flexibility index (Phi) is 6.18.